The minimum absolute atomic E-state index is 0.0754. The molecule has 20 heavy (non-hydrogen) atoms. The lowest BCUT2D eigenvalue weighted by molar-refractivity contribution is -0.131. The monoisotopic (exact) mass is 271 g/mol. The zero-order chi connectivity index (χ0) is 14.2. The summed E-state index contributed by atoms with van der Waals surface area (Å²) >= 11 is 0. The smallest absolute Gasteiger partial charge is 0.224 e. The molecule has 0 aromatic heterocycles. The summed E-state index contributed by atoms with van der Waals surface area (Å²) < 4.78 is 0. The van der Waals surface area contributed by atoms with E-state index in [2.05, 4.69) is 23.5 Å². The van der Waals surface area contributed by atoms with Gasteiger partial charge in [0.25, 0.3) is 0 Å². The first-order valence-electron chi connectivity index (χ1n) is 7.24. The maximum Gasteiger partial charge on any atom is 0.224 e. The van der Waals surface area contributed by atoms with Gasteiger partial charge in [-0.25, -0.2) is 0 Å². The second-order valence-electron chi connectivity index (χ2n) is 5.12. The van der Waals surface area contributed by atoms with Gasteiger partial charge in [0.05, 0.1) is 12.5 Å². The minimum atomic E-state index is 0.0754. The molecule has 1 amide bonds. The Morgan fingerprint density at radius 3 is 2.85 bits per heavy atom. The number of nitrogens with one attached hydrogen (secondary N) is 1. The number of hydrogen-bond donors (Lipinski definition) is 1. The van der Waals surface area contributed by atoms with Crippen LogP contribution in [0.3, 0.4) is 0 Å². The molecular weight excluding hydrogens is 250 g/mol. The molecule has 0 aliphatic carbocycles. The Bertz CT molecular complexity index is 466. The Hall–Kier alpha value is -1.86. The average molecular weight is 271 g/mol. The van der Waals surface area contributed by atoms with E-state index in [1.807, 2.05) is 23.1 Å². The fourth-order valence-corrected chi connectivity index (χ4v) is 2.55. The summed E-state index contributed by atoms with van der Waals surface area (Å²) in [5.74, 6) is 0.142. The fraction of sp³-hybridized carbons (Fsp3) is 0.500. The van der Waals surface area contributed by atoms with Crippen LogP contribution < -0.4 is 5.32 Å². The van der Waals surface area contributed by atoms with Gasteiger partial charge in [-0.3, -0.25) is 4.79 Å². The van der Waals surface area contributed by atoms with Crippen molar-refractivity contribution in [3.63, 3.8) is 0 Å². The molecule has 4 nitrogen and oxygen atoms in total. The van der Waals surface area contributed by atoms with Crippen molar-refractivity contribution in [3.8, 4) is 6.07 Å². The first-order chi connectivity index (χ1) is 9.81. The lowest BCUT2D eigenvalue weighted by atomic mass is 10.0. The molecule has 0 bridgehead atoms. The first-order valence-corrected chi connectivity index (χ1v) is 7.24. The van der Waals surface area contributed by atoms with Crippen molar-refractivity contribution in [2.45, 2.75) is 31.7 Å². The van der Waals surface area contributed by atoms with Crippen molar-refractivity contribution in [3.05, 3.63) is 35.9 Å². The highest BCUT2D eigenvalue weighted by atomic mass is 16.2. The Labute approximate surface area is 120 Å². The van der Waals surface area contributed by atoms with Crippen LogP contribution in [0.1, 0.15) is 37.3 Å². The van der Waals surface area contributed by atoms with Crippen molar-refractivity contribution in [2.75, 3.05) is 19.6 Å². The lowest BCUT2D eigenvalue weighted by Gasteiger charge is -2.23. The van der Waals surface area contributed by atoms with Crippen molar-refractivity contribution < 1.29 is 4.79 Å². The third kappa shape index (κ3) is 4.07. The highest BCUT2D eigenvalue weighted by molar-refractivity contribution is 5.77. The van der Waals surface area contributed by atoms with Crippen molar-refractivity contribution >= 4 is 5.91 Å². The second kappa shape index (κ2) is 7.66. The van der Waals surface area contributed by atoms with Gasteiger partial charge in [0, 0.05) is 25.6 Å². The van der Waals surface area contributed by atoms with Crippen LogP contribution in [0.4, 0.5) is 0 Å². The lowest BCUT2D eigenvalue weighted by Crippen LogP contribution is -2.34. The van der Waals surface area contributed by atoms with Crippen LogP contribution in [-0.4, -0.2) is 30.4 Å². The van der Waals surface area contributed by atoms with Crippen molar-refractivity contribution in [1.29, 1.82) is 5.26 Å². The van der Waals surface area contributed by atoms with E-state index in [0.717, 1.165) is 31.5 Å². The van der Waals surface area contributed by atoms with E-state index >= 15 is 0 Å². The number of carbonyl (C=O) groups excluding carboxylic acids is 1. The molecule has 1 atom stereocenters. The standard InChI is InChI=1S/C16H21N3O/c17-9-6-12-19-11-5-4-10-18-15(13-16(19)20)14-7-2-1-3-8-14/h1-3,7-8,15,18H,4-6,10-13H2. The number of hydrogen-bond acceptors (Lipinski definition) is 3. The molecule has 1 aliphatic heterocycles. The Balaban J connectivity index is 2.07. The van der Waals surface area contributed by atoms with Crippen molar-refractivity contribution in [2.24, 2.45) is 0 Å². The Morgan fingerprint density at radius 2 is 2.10 bits per heavy atom. The van der Waals surface area contributed by atoms with Crippen LogP contribution in [0.2, 0.25) is 0 Å². The van der Waals surface area contributed by atoms with Gasteiger partial charge >= 0.3 is 0 Å². The third-order valence-electron chi connectivity index (χ3n) is 3.67. The summed E-state index contributed by atoms with van der Waals surface area (Å²) in [5.41, 5.74) is 1.16. The maximum absolute atomic E-state index is 12.4. The van der Waals surface area contributed by atoms with E-state index in [-0.39, 0.29) is 11.9 Å². The molecule has 1 heterocycles. The maximum atomic E-state index is 12.4. The zero-order valence-electron chi connectivity index (χ0n) is 11.7. The summed E-state index contributed by atoms with van der Waals surface area (Å²) in [6.07, 6.45) is 2.93. The molecule has 2 rings (SSSR count). The van der Waals surface area contributed by atoms with Gasteiger partial charge < -0.3 is 10.2 Å². The Morgan fingerprint density at radius 1 is 1.30 bits per heavy atom. The van der Waals surface area contributed by atoms with Gasteiger partial charge in [-0.05, 0) is 24.9 Å². The highest BCUT2D eigenvalue weighted by Gasteiger charge is 2.21. The number of amides is 1. The molecule has 1 aromatic rings. The summed E-state index contributed by atoms with van der Waals surface area (Å²) in [4.78, 5) is 14.2. The summed E-state index contributed by atoms with van der Waals surface area (Å²) in [7, 11) is 0. The summed E-state index contributed by atoms with van der Waals surface area (Å²) in [6, 6.07) is 12.3. The molecule has 4 heteroatoms. The van der Waals surface area contributed by atoms with Crippen LogP contribution in [0, 0.1) is 11.3 Å². The van der Waals surface area contributed by atoms with Crippen LogP contribution >= 0.6 is 0 Å². The first kappa shape index (κ1) is 14.5. The molecular formula is C16H21N3O. The van der Waals surface area contributed by atoms with E-state index in [9.17, 15) is 4.79 Å². The van der Waals surface area contributed by atoms with E-state index < -0.39 is 0 Å². The molecule has 1 aliphatic rings. The van der Waals surface area contributed by atoms with E-state index in [0.29, 0.717) is 19.4 Å². The Kier molecular flexibility index (Phi) is 5.57. The molecule has 0 spiro atoms. The molecule has 1 unspecified atom stereocenters. The SMILES string of the molecule is N#CCCN1CCCCNC(c2ccccc2)CC1=O. The number of rotatable bonds is 3. The van der Waals surface area contributed by atoms with E-state index in [1.54, 1.807) is 0 Å². The molecule has 1 aromatic carbocycles. The molecule has 1 saturated heterocycles. The van der Waals surface area contributed by atoms with Gasteiger partial charge in [0.15, 0.2) is 0 Å². The predicted molar refractivity (Wildman–Crippen MR) is 77.8 cm³/mol. The predicted octanol–water partition coefficient (Wildman–Crippen LogP) is 2.24. The van der Waals surface area contributed by atoms with Gasteiger partial charge in [-0.1, -0.05) is 30.3 Å². The number of carbonyl (C=O) groups is 1. The highest BCUT2D eigenvalue weighted by Crippen LogP contribution is 2.19. The van der Waals surface area contributed by atoms with Crippen LogP contribution in [0.25, 0.3) is 0 Å². The summed E-state index contributed by atoms with van der Waals surface area (Å²) in [5, 5.41) is 12.2. The van der Waals surface area contributed by atoms with Gasteiger partial charge in [-0.15, -0.1) is 0 Å². The average Bonchev–Trinajstić information content (AvgIpc) is 2.57. The van der Waals surface area contributed by atoms with E-state index in [4.69, 9.17) is 5.26 Å². The third-order valence-corrected chi connectivity index (χ3v) is 3.67. The van der Waals surface area contributed by atoms with Crippen molar-refractivity contribution in [1.82, 2.24) is 10.2 Å². The largest absolute Gasteiger partial charge is 0.342 e. The quantitative estimate of drug-likeness (QED) is 0.917. The van der Waals surface area contributed by atoms with Crippen LogP contribution in [0.15, 0.2) is 30.3 Å². The zero-order valence-corrected chi connectivity index (χ0v) is 11.7. The summed E-state index contributed by atoms with van der Waals surface area (Å²) in [6.45, 7) is 2.25. The number of nitriles is 1. The van der Waals surface area contributed by atoms with Gasteiger partial charge in [-0.2, -0.15) is 5.26 Å². The minimum Gasteiger partial charge on any atom is -0.342 e. The molecule has 1 N–H and O–H groups in total. The number of benzene rings is 1. The molecule has 106 valence electrons. The fourth-order valence-electron chi connectivity index (χ4n) is 2.55. The molecule has 0 saturated carbocycles. The van der Waals surface area contributed by atoms with Gasteiger partial charge in [0.2, 0.25) is 5.91 Å². The van der Waals surface area contributed by atoms with Crippen LogP contribution in [0.5, 0.6) is 0 Å². The normalized spacial score (nSPS) is 20.6. The van der Waals surface area contributed by atoms with E-state index in [1.165, 1.54) is 0 Å². The topological polar surface area (TPSA) is 56.1 Å². The number of nitrogens with zero attached hydrogens (tertiary/aromatic N) is 2. The van der Waals surface area contributed by atoms with Crippen LogP contribution in [-0.2, 0) is 4.79 Å². The second-order valence-corrected chi connectivity index (χ2v) is 5.12. The molecule has 0 radical (unpaired) electrons. The van der Waals surface area contributed by atoms with Gasteiger partial charge in [0.1, 0.15) is 0 Å². The molecule has 1 fully saturated rings.